The van der Waals surface area contributed by atoms with Crippen molar-refractivity contribution in [3.63, 3.8) is 0 Å². The van der Waals surface area contributed by atoms with Gasteiger partial charge in [-0.25, -0.2) is 0 Å². The van der Waals surface area contributed by atoms with Crippen LogP contribution in [-0.2, 0) is 6.54 Å². The number of amides is 2. The van der Waals surface area contributed by atoms with Crippen LogP contribution < -0.4 is 5.32 Å². The van der Waals surface area contributed by atoms with Gasteiger partial charge in [-0.2, -0.15) is 0 Å². The molecule has 146 valence electrons. The molecule has 7 rings (SSSR count). The van der Waals surface area contributed by atoms with Crippen LogP contribution in [0, 0.1) is 17.3 Å². The first-order valence-corrected chi connectivity index (χ1v) is 10.6. The van der Waals surface area contributed by atoms with Crippen LogP contribution in [-0.4, -0.2) is 37.8 Å². The van der Waals surface area contributed by atoms with E-state index in [1.807, 2.05) is 12.1 Å². The summed E-state index contributed by atoms with van der Waals surface area (Å²) in [4.78, 5) is 36.7. The van der Waals surface area contributed by atoms with Gasteiger partial charge >= 0.3 is 0 Å². The number of carbonyl (C=O) groups is 2. The summed E-state index contributed by atoms with van der Waals surface area (Å²) in [5.41, 5.74) is 2.24. The second kappa shape index (κ2) is 4.86. The Morgan fingerprint density at radius 3 is 2.76 bits per heavy atom. The Morgan fingerprint density at radius 1 is 1.07 bits per heavy atom. The quantitative estimate of drug-likeness (QED) is 0.880. The Kier molecular flexibility index (Phi) is 2.70. The third-order valence-corrected chi connectivity index (χ3v) is 8.94. The number of nitrogens with one attached hydrogen (secondary N) is 1. The zero-order chi connectivity index (χ0) is 19.4. The number of hydrogen-bond acceptors (Lipinski definition) is 4. The maximum atomic E-state index is 13.3. The van der Waals surface area contributed by atoms with E-state index < -0.39 is 0 Å². The summed E-state index contributed by atoms with van der Waals surface area (Å²) in [6, 6.07) is 5.60. The SMILES string of the molecule is O=C(NC12CC3CC4(N5Cc6ccncc6C5=O)CC(C1)C24C3)c1cccnc1. The van der Waals surface area contributed by atoms with Crippen molar-refractivity contribution in [2.75, 3.05) is 0 Å². The molecule has 4 fully saturated rings. The number of carbonyl (C=O) groups excluding carboxylic acids is 2. The zero-order valence-corrected chi connectivity index (χ0v) is 16.1. The molecule has 1 spiro atoms. The van der Waals surface area contributed by atoms with Crippen LogP contribution >= 0.6 is 0 Å². The molecule has 1 aliphatic heterocycles. The standard InChI is InChI=1S/C23H22N4O2/c28-19(15-2-1-4-24-11-15)26-21-6-14-7-22(10-17(9-21)23(21,22)8-14)27-13-16-3-5-25-12-18(16)20(27)29/h1-5,11-12,14,17H,6-10,13H2,(H,26,28). The molecule has 6 heteroatoms. The molecule has 5 aliphatic rings. The number of nitrogens with zero attached hydrogens (tertiary/aromatic N) is 3. The third-order valence-electron chi connectivity index (χ3n) is 8.94. The van der Waals surface area contributed by atoms with Crippen molar-refractivity contribution in [2.24, 2.45) is 17.3 Å². The first-order valence-electron chi connectivity index (χ1n) is 10.6. The van der Waals surface area contributed by atoms with Crippen molar-refractivity contribution in [2.45, 2.75) is 49.7 Å². The van der Waals surface area contributed by atoms with Crippen LogP contribution in [0.15, 0.2) is 43.0 Å². The molecule has 6 nitrogen and oxygen atoms in total. The monoisotopic (exact) mass is 386 g/mol. The third kappa shape index (κ3) is 1.60. The Bertz CT molecular complexity index is 1090. The maximum Gasteiger partial charge on any atom is 0.256 e. The van der Waals surface area contributed by atoms with Crippen molar-refractivity contribution in [1.82, 2.24) is 20.2 Å². The summed E-state index contributed by atoms with van der Waals surface area (Å²) in [7, 11) is 0. The van der Waals surface area contributed by atoms with Crippen LogP contribution in [0.5, 0.6) is 0 Å². The summed E-state index contributed by atoms with van der Waals surface area (Å²) in [5, 5.41) is 3.45. The van der Waals surface area contributed by atoms with Crippen LogP contribution in [0.1, 0.15) is 58.4 Å². The molecule has 0 saturated heterocycles. The molecule has 2 amide bonds. The summed E-state index contributed by atoms with van der Waals surface area (Å²) < 4.78 is 0. The van der Waals surface area contributed by atoms with Gasteiger partial charge in [0.1, 0.15) is 0 Å². The van der Waals surface area contributed by atoms with Gasteiger partial charge in [0.25, 0.3) is 11.8 Å². The minimum absolute atomic E-state index is 0.0282. The highest BCUT2D eigenvalue weighted by molar-refractivity contribution is 5.99. The molecule has 3 heterocycles. The lowest BCUT2D eigenvalue weighted by Crippen LogP contribution is -2.86. The molecule has 5 atom stereocenters. The van der Waals surface area contributed by atoms with Crippen molar-refractivity contribution >= 4 is 11.8 Å². The number of rotatable bonds is 3. The Morgan fingerprint density at radius 2 is 1.97 bits per heavy atom. The van der Waals surface area contributed by atoms with E-state index in [2.05, 4.69) is 20.2 Å². The lowest BCUT2D eigenvalue weighted by molar-refractivity contribution is -0.260. The van der Waals surface area contributed by atoms with Gasteiger partial charge in [0.15, 0.2) is 0 Å². The molecule has 0 aromatic carbocycles. The predicted molar refractivity (Wildman–Crippen MR) is 104 cm³/mol. The normalized spacial score (nSPS) is 40.1. The van der Waals surface area contributed by atoms with Gasteiger partial charge in [-0.15, -0.1) is 0 Å². The van der Waals surface area contributed by atoms with E-state index in [4.69, 9.17) is 0 Å². The second-order valence-corrected chi connectivity index (χ2v) is 9.79. The fourth-order valence-electron chi connectivity index (χ4n) is 8.24. The van der Waals surface area contributed by atoms with Crippen molar-refractivity contribution in [1.29, 1.82) is 0 Å². The fourth-order valence-corrected chi connectivity index (χ4v) is 8.24. The highest BCUT2D eigenvalue weighted by Gasteiger charge is 2.88. The van der Waals surface area contributed by atoms with Gasteiger partial charge in [-0.3, -0.25) is 19.6 Å². The first kappa shape index (κ1) is 16.1. The second-order valence-electron chi connectivity index (χ2n) is 9.79. The highest BCUT2D eigenvalue weighted by Crippen LogP contribution is 2.85. The average molecular weight is 386 g/mol. The predicted octanol–water partition coefficient (Wildman–Crippen LogP) is 2.56. The van der Waals surface area contributed by atoms with Gasteiger partial charge in [0.2, 0.25) is 0 Å². The highest BCUT2D eigenvalue weighted by atomic mass is 16.2. The van der Waals surface area contributed by atoms with Crippen molar-refractivity contribution in [3.8, 4) is 0 Å². The molecule has 2 aromatic heterocycles. The smallest absolute Gasteiger partial charge is 0.256 e. The van der Waals surface area contributed by atoms with Crippen molar-refractivity contribution in [3.05, 3.63) is 59.7 Å². The van der Waals surface area contributed by atoms with Crippen LogP contribution in [0.2, 0.25) is 0 Å². The average Bonchev–Trinajstić information content (AvgIpc) is 3.32. The maximum absolute atomic E-state index is 13.3. The summed E-state index contributed by atoms with van der Waals surface area (Å²) >= 11 is 0. The van der Waals surface area contributed by atoms with Gasteiger partial charge in [0.05, 0.1) is 16.7 Å². The Hall–Kier alpha value is -2.76. The topological polar surface area (TPSA) is 75.2 Å². The number of pyridine rings is 2. The summed E-state index contributed by atoms with van der Waals surface area (Å²) in [5.74, 6) is 1.32. The van der Waals surface area contributed by atoms with E-state index in [-0.39, 0.29) is 28.3 Å². The summed E-state index contributed by atoms with van der Waals surface area (Å²) in [6.07, 6.45) is 12.2. The van der Waals surface area contributed by atoms with Crippen LogP contribution in [0.3, 0.4) is 0 Å². The zero-order valence-electron chi connectivity index (χ0n) is 16.1. The van der Waals surface area contributed by atoms with E-state index in [0.29, 0.717) is 23.9 Å². The Labute approximate surface area is 168 Å². The molecule has 4 aliphatic carbocycles. The number of aromatic nitrogens is 2. The Balaban J connectivity index is 1.25. The van der Waals surface area contributed by atoms with Crippen LogP contribution in [0.4, 0.5) is 0 Å². The van der Waals surface area contributed by atoms with Gasteiger partial charge < -0.3 is 10.2 Å². The van der Waals surface area contributed by atoms with E-state index in [0.717, 1.165) is 43.2 Å². The van der Waals surface area contributed by atoms with Crippen molar-refractivity contribution < 1.29 is 9.59 Å². The van der Waals surface area contributed by atoms with Gasteiger partial charge in [-0.1, -0.05) is 0 Å². The molecule has 2 bridgehead atoms. The molecule has 29 heavy (non-hydrogen) atoms. The molecule has 0 radical (unpaired) electrons. The first-order chi connectivity index (χ1) is 14.1. The molecule has 1 N–H and O–H groups in total. The lowest BCUT2D eigenvalue weighted by Gasteiger charge is -2.79. The molecule has 5 unspecified atom stereocenters. The van der Waals surface area contributed by atoms with E-state index in [9.17, 15) is 9.59 Å². The molecular weight excluding hydrogens is 364 g/mol. The van der Waals surface area contributed by atoms with Gasteiger partial charge in [-0.05, 0) is 67.7 Å². The number of hydrogen-bond donors (Lipinski definition) is 1. The van der Waals surface area contributed by atoms with Gasteiger partial charge in [0, 0.05) is 42.3 Å². The largest absolute Gasteiger partial charge is 0.346 e. The van der Waals surface area contributed by atoms with E-state index in [1.54, 1.807) is 30.9 Å². The number of fused-ring (bicyclic) bond motifs is 2. The minimum atomic E-state index is -0.168. The fraction of sp³-hybridized carbons (Fsp3) is 0.478. The molecule has 4 saturated carbocycles. The molecule has 2 aromatic rings. The molecular formula is C23H22N4O2. The van der Waals surface area contributed by atoms with E-state index in [1.165, 1.54) is 0 Å². The lowest BCUT2D eigenvalue weighted by atomic mass is 9.31. The van der Waals surface area contributed by atoms with E-state index >= 15 is 0 Å². The van der Waals surface area contributed by atoms with Crippen LogP contribution in [0.25, 0.3) is 0 Å². The summed E-state index contributed by atoms with van der Waals surface area (Å²) in [6.45, 7) is 0.685. The minimum Gasteiger partial charge on any atom is -0.346 e.